The molecule has 3 aromatic rings. The zero-order valence-corrected chi connectivity index (χ0v) is 16.9. The Labute approximate surface area is 176 Å². The van der Waals surface area contributed by atoms with Crippen LogP contribution in [0.25, 0.3) is 10.8 Å². The number of nitrogens with zero attached hydrogens (tertiary/aromatic N) is 1. The molecule has 0 amide bonds. The fourth-order valence-corrected chi connectivity index (χ4v) is 3.53. The molecule has 3 N–H and O–H groups in total. The normalized spacial score (nSPS) is 14.3. The lowest BCUT2D eigenvalue weighted by Crippen LogP contribution is -2.34. The predicted octanol–water partition coefficient (Wildman–Crippen LogP) is 1.30. The number of ketones is 1. The van der Waals surface area contributed by atoms with Crippen LogP contribution in [0.1, 0.15) is 17.0 Å². The Kier molecular flexibility index (Phi) is 6.92. The second-order valence-corrected chi connectivity index (χ2v) is 6.86. The summed E-state index contributed by atoms with van der Waals surface area (Å²) in [7, 11) is -1.07. The fraction of sp³-hybridized carbons (Fsp3) is 0.238. The summed E-state index contributed by atoms with van der Waals surface area (Å²) in [6.45, 7) is 0.870. The molecule has 0 saturated carbocycles. The van der Waals surface area contributed by atoms with Gasteiger partial charge in [0.15, 0.2) is 0 Å². The van der Waals surface area contributed by atoms with Gasteiger partial charge in [-0.3, -0.25) is 9.78 Å². The highest BCUT2D eigenvalue weighted by Crippen LogP contribution is 2.23. The Morgan fingerprint density at radius 3 is 2.86 bits per heavy atom. The van der Waals surface area contributed by atoms with Gasteiger partial charge in [0.25, 0.3) is 0 Å². The van der Waals surface area contributed by atoms with Crippen LogP contribution in [0.5, 0.6) is 5.75 Å². The van der Waals surface area contributed by atoms with Crippen molar-refractivity contribution < 1.29 is 19.2 Å². The lowest BCUT2D eigenvalue weighted by Gasteiger charge is -2.17. The molecule has 0 radical (unpaired) electrons. The lowest BCUT2D eigenvalue weighted by molar-refractivity contribution is -0.119. The molecule has 1 atom stereocenters. The van der Waals surface area contributed by atoms with Crippen LogP contribution >= 0.6 is 13.5 Å². The van der Waals surface area contributed by atoms with Crippen molar-refractivity contribution in [2.24, 2.45) is 5.73 Å². The Bertz CT molecular complexity index is 1020. The number of benzene rings is 2. The first-order valence-corrected chi connectivity index (χ1v) is 9.27. The number of pyridine rings is 1. The average molecular weight is 410 g/mol. The van der Waals surface area contributed by atoms with Gasteiger partial charge in [0.05, 0.1) is 12.5 Å². The Morgan fingerprint density at radius 1 is 1.17 bits per heavy atom. The van der Waals surface area contributed by atoms with Gasteiger partial charge in [0.1, 0.15) is 18.1 Å². The molecule has 2 heterocycles. The summed E-state index contributed by atoms with van der Waals surface area (Å²) in [4.78, 5) is 17.1. The standard InChI is InChI=1S/C21H21BN2O4.H2S/c23-12-18(16-3-4-21-19(11-16)22(26)28-8-7-27-21)20(25)10-14-1-2-17-13-24-6-5-15(17)9-14;/h1-6,9,11,13,18,26H,7-8,10,12,23H2;1H2/t18-;/m1./s1. The highest BCUT2D eigenvalue weighted by atomic mass is 32.1. The molecular weight excluding hydrogens is 387 g/mol. The van der Waals surface area contributed by atoms with E-state index < -0.39 is 13.0 Å². The number of fused-ring (bicyclic) bond motifs is 2. The molecule has 2 aromatic carbocycles. The van der Waals surface area contributed by atoms with E-state index in [2.05, 4.69) is 4.98 Å². The lowest BCUT2D eigenvalue weighted by atomic mass is 9.76. The number of ether oxygens (including phenoxy) is 1. The van der Waals surface area contributed by atoms with E-state index in [1.807, 2.05) is 30.3 Å². The van der Waals surface area contributed by atoms with E-state index in [0.717, 1.165) is 21.9 Å². The quantitative estimate of drug-likeness (QED) is 0.616. The number of hydrogen-bond acceptors (Lipinski definition) is 6. The van der Waals surface area contributed by atoms with Gasteiger partial charge in [-0.15, -0.1) is 0 Å². The third kappa shape index (κ3) is 4.62. The summed E-state index contributed by atoms with van der Waals surface area (Å²) in [5, 5.41) is 12.3. The summed E-state index contributed by atoms with van der Waals surface area (Å²) >= 11 is 0. The number of rotatable bonds is 5. The van der Waals surface area contributed by atoms with Gasteiger partial charge in [-0.2, -0.15) is 13.5 Å². The van der Waals surface area contributed by atoms with Crippen molar-refractivity contribution in [1.29, 1.82) is 0 Å². The smallest absolute Gasteiger partial charge is 0.492 e. The maximum atomic E-state index is 13.0. The minimum absolute atomic E-state index is 0. The summed E-state index contributed by atoms with van der Waals surface area (Å²) in [6, 6.07) is 13.2. The highest BCUT2D eigenvalue weighted by Gasteiger charge is 2.27. The van der Waals surface area contributed by atoms with Crippen LogP contribution in [0.2, 0.25) is 0 Å². The van der Waals surface area contributed by atoms with Crippen LogP contribution in [0.3, 0.4) is 0 Å². The molecule has 4 rings (SSSR count). The molecule has 0 fully saturated rings. The topological polar surface area (TPSA) is 94.7 Å². The Hall–Kier alpha value is -2.39. The second kappa shape index (κ2) is 9.41. The molecule has 0 bridgehead atoms. The van der Waals surface area contributed by atoms with Gasteiger partial charge in [-0.25, -0.2) is 0 Å². The van der Waals surface area contributed by atoms with Crippen LogP contribution < -0.4 is 15.9 Å². The number of carbonyl (C=O) groups is 1. The first-order chi connectivity index (χ1) is 13.7. The van der Waals surface area contributed by atoms with Crippen LogP contribution in [-0.4, -0.2) is 42.7 Å². The van der Waals surface area contributed by atoms with Crippen molar-refractivity contribution >= 4 is 42.6 Å². The van der Waals surface area contributed by atoms with Crippen molar-refractivity contribution in [3.8, 4) is 5.75 Å². The first kappa shape index (κ1) is 21.3. The molecule has 0 unspecified atom stereocenters. The minimum Gasteiger partial charge on any atom is -0.492 e. The molecular formula is C21H23BN2O4S. The third-order valence-corrected chi connectivity index (χ3v) is 5.03. The molecule has 6 nitrogen and oxygen atoms in total. The van der Waals surface area contributed by atoms with Crippen molar-refractivity contribution in [3.05, 3.63) is 66.0 Å². The molecule has 29 heavy (non-hydrogen) atoms. The zero-order chi connectivity index (χ0) is 19.5. The number of nitrogens with two attached hydrogens (primary N) is 1. The Balaban J connectivity index is 0.00000240. The van der Waals surface area contributed by atoms with E-state index in [1.54, 1.807) is 24.5 Å². The molecule has 0 saturated heterocycles. The number of Topliss-reactive ketones (excluding diaryl/α,β-unsaturated/α-hetero) is 1. The molecule has 0 spiro atoms. The summed E-state index contributed by atoms with van der Waals surface area (Å²) < 4.78 is 10.9. The summed E-state index contributed by atoms with van der Waals surface area (Å²) in [5.41, 5.74) is 8.15. The van der Waals surface area contributed by atoms with Crippen LogP contribution in [0, 0.1) is 0 Å². The molecule has 8 heteroatoms. The van der Waals surface area contributed by atoms with E-state index in [0.29, 0.717) is 24.4 Å². The number of aromatic nitrogens is 1. The van der Waals surface area contributed by atoms with Crippen LogP contribution in [0.15, 0.2) is 54.9 Å². The largest absolute Gasteiger partial charge is 0.495 e. The van der Waals surface area contributed by atoms with Crippen molar-refractivity contribution in [2.45, 2.75) is 12.3 Å². The maximum Gasteiger partial charge on any atom is 0.495 e. The van der Waals surface area contributed by atoms with Crippen molar-refractivity contribution in [1.82, 2.24) is 4.98 Å². The fourth-order valence-electron chi connectivity index (χ4n) is 3.53. The van der Waals surface area contributed by atoms with E-state index in [4.69, 9.17) is 15.1 Å². The van der Waals surface area contributed by atoms with Crippen molar-refractivity contribution in [2.75, 3.05) is 19.8 Å². The highest BCUT2D eigenvalue weighted by molar-refractivity contribution is 7.59. The Morgan fingerprint density at radius 2 is 2.03 bits per heavy atom. The molecule has 1 aliphatic rings. The number of carbonyl (C=O) groups excluding carboxylic acids is 1. The average Bonchev–Trinajstić information content (AvgIpc) is 2.90. The monoisotopic (exact) mass is 410 g/mol. The summed E-state index contributed by atoms with van der Waals surface area (Å²) in [6.07, 6.45) is 3.82. The van der Waals surface area contributed by atoms with Gasteiger partial charge in [0, 0.05) is 36.2 Å². The van der Waals surface area contributed by atoms with Gasteiger partial charge in [-0.05, 0) is 28.6 Å². The van der Waals surface area contributed by atoms with Gasteiger partial charge < -0.3 is 20.1 Å². The zero-order valence-electron chi connectivity index (χ0n) is 15.9. The molecule has 1 aliphatic heterocycles. The molecule has 150 valence electrons. The predicted molar refractivity (Wildman–Crippen MR) is 118 cm³/mol. The van der Waals surface area contributed by atoms with Gasteiger partial charge in [-0.1, -0.05) is 30.3 Å². The summed E-state index contributed by atoms with van der Waals surface area (Å²) in [5.74, 6) is 0.134. The second-order valence-electron chi connectivity index (χ2n) is 6.86. The minimum atomic E-state index is -1.07. The van der Waals surface area contributed by atoms with E-state index in [1.165, 1.54) is 0 Å². The third-order valence-electron chi connectivity index (χ3n) is 5.03. The van der Waals surface area contributed by atoms with E-state index in [9.17, 15) is 9.82 Å². The van der Waals surface area contributed by atoms with Crippen molar-refractivity contribution in [3.63, 3.8) is 0 Å². The van der Waals surface area contributed by atoms with Crippen LogP contribution in [0.4, 0.5) is 0 Å². The number of hydrogen-bond donors (Lipinski definition) is 2. The van der Waals surface area contributed by atoms with E-state index >= 15 is 0 Å². The van der Waals surface area contributed by atoms with Gasteiger partial charge >= 0.3 is 7.12 Å². The van der Waals surface area contributed by atoms with Gasteiger partial charge in [0.2, 0.25) is 0 Å². The van der Waals surface area contributed by atoms with E-state index in [-0.39, 0.29) is 32.2 Å². The molecule has 0 aliphatic carbocycles. The molecule has 1 aromatic heterocycles. The maximum absolute atomic E-state index is 13.0. The first-order valence-electron chi connectivity index (χ1n) is 9.27. The SMILES string of the molecule is NC[C@@H](C(=O)Cc1ccc2cnccc2c1)c1ccc2c(c1)B(O)OCCO2.S. The van der Waals surface area contributed by atoms with Crippen LogP contribution in [-0.2, 0) is 15.9 Å².